The molecule has 1 aliphatic heterocycles. The molecule has 1 aromatic rings. The van der Waals surface area contributed by atoms with E-state index in [0.29, 0.717) is 41.9 Å². The van der Waals surface area contributed by atoms with Crippen molar-refractivity contribution in [3.05, 3.63) is 22.3 Å². The molecule has 0 aliphatic carbocycles. The van der Waals surface area contributed by atoms with Gasteiger partial charge in [0.1, 0.15) is 5.82 Å². The van der Waals surface area contributed by atoms with Gasteiger partial charge >= 0.3 is 0 Å². The highest BCUT2D eigenvalue weighted by Crippen LogP contribution is 2.21. The first-order valence-corrected chi connectivity index (χ1v) is 7.06. The summed E-state index contributed by atoms with van der Waals surface area (Å²) in [5.74, 6) is 0.415. The van der Waals surface area contributed by atoms with Crippen molar-refractivity contribution in [1.29, 1.82) is 0 Å². The standard InChI is InChI=1S/C12H16Cl2N4O2/c13-7-3-9(14)11(18-5-7)15-1-2-16-12(20)10-4-8(19)6-17-10/h3,5,8,10,17,19H,1-2,4,6H2,(H,15,18)(H,16,20). The molecule has 1 saturated heterocycles. The summed E-state index contributed by atoms with van der Waals surface area (Å²) in [6.07, 6.45) is 1.50. The van der Waals surface area contributed by atoms with Gasteiger partial charge in [-0.3, -0.25) is 4.79 Å². The normalized spacial score (nSPS) is 21.8. The number of pyridine rings is 1. The molecule has 0 saturated carbocycles. The van der Waals surface area contributed by atoms with E-state index in [0.717, 1.165) is 0 Å². The minimum absolute atomic E-state index is 0.112. The maximum absolute atomic E-state index is 11.7. The lowest BCUT2D eigenvalue weighted by atomic mass is 10.2. The molecule has 1 aromatic heterocycles. The van der Waals surface area contributed by atoms with Gasteiger partial charge < -0.3 is 21.1 Å². The van der Waals surface area contributed by atoms with Crippen LogP contribution in [0.1, 0.15) is 6.42 Å². The Morgan fingerprint density at radius 2 is 2.30 bits per heavy atom. The molecule has 6 nitrogen and oxygen atoms in total. The summed E-state index contributed by atoms with van der Waals surface area (Å²) in [6.45, 7) is 1.39. The van der Waals surface area contributed by atoms with Crippen LogP contribution in [0.4, 0.5) is 5.82 Å². The minimum Gasteiger partial charge on any atom is -0.392 e. The van der Waals surface area contributed by atoms with Crippen LogP contribution in [-0.4, -0.2) is 47.8 Å². The molecule has 1 aliphatic rings. The van der Waals surface area contributed by atoms with Crippen LogP contribution in [0.15, 0.2) is 12.3 Å². The highest BCUT2D eigenvalue weighted by atomic mass is 35.5. The summed E-state index contributed by atoms with van der Waals surface area (Å²) in [7, 11) is 0. The van der Waals surface area contributed by atoms with Crippen molar-refractivity contribution in [3.8, 4) is 0 Å². The molecule has 2 rings (SSSR count). The minimum atomic E-state index is -0.444. The highest BCUT2D eigenvalue weighted by molar-refractivity contribution is 6.35. The average Bonchev–Trinajstić information content (AvgIpc) is 2.83. The Hall–Kier alpha value is -1.08. The van der Waals surface area contributed by atoms with Crippen LogP contribution in [0.3, 0.4) is 0 Å². The Balaban J connectivity index is 1.70. The fourth-order valence-electron chi connectivity index (χ4n) is 1.95. The number of halogens is 2. The Morgan fingerprint density at radius 1 is 1.50 bits per heavy atom. The van der Waals surface area contributed by atoms with E-state index in [1.165, 1.54) is 6.20 Å². The number of aliphatic hydroxyl groups is 1. The second-order valence-electron chi connectivity index (χ2n) is 4.55. The second-order valence-corrected chi connectivity index (χ2v) is 5.40. The first-order valence-electron chi connectivity index (χ1n) is 6.30. The van der Waals surface area contributed by atoms with Gasteiger partial charge in [0.2, 0.25) is 5.91 Å². The summed E-state index contributed by atoms with van der Waals surface area (Å²) < 4.78 is 0. The molecule has 0 spiro atoms. The highest BCUT2D eigenvalue weighted by Gasteiger charge is 2.27. The first-order chi connectivity index (χ1) is 9.56. The van der Waals surface area contributed by atoms with Crippen molar-refractivity contribution in [2.75, 3.05) is 25.0 Å². The number of carbonyl (C=O) groups is 1. The van der Waals surface area contributed by atoms with E-state index in [1.807, 2.05) is 0 Å². The average molecular weight is 319 g/mol. The summed E-state index contributed by atoms with van der Waals surface area (Å²) in [5, 5.41) is 19.0. The number of nitrogens with zero attached hydrogens (tertiary/aromatic N) is 1. The molecule has 110 valence electrons. The third-order valence-corrected chi connectivity index (χ3v) is 3.44. The van der Waals surface area contributed by atoms with Gasteiger partial charge in [0.15, 0.2) is 0 Å². The van der Waals surface area contributed by atoms with Crippen molar-refractivity contribution >= 4 is 34.9 Å². The van der Waals surface area contributed by atoms with Crippen LogP contribution in [0.25, 0.3) is 0 Å². The number of hydrogen-bond donors (Lipinski definition) is 4. The Labute approximate surface area is 126 Å². The molecule has 1 amide bonds. The number of anilines is 1. The second kappa shape index (κ2) is 7.08. The predicted octanol–water partition coefficient (Wildman–Crippen LogP) is 0.639. The van der Waals surface area contributed by atoms with Crippen LogP contribution >= 0.6 is 23.2 Å². The number of hydrogen-bond acceptors (Lipinski definition) is 5. The van der Waals surface area contributed by atoms with E-state index in [-0.39, 0.29) is 11.9 Å². The zero-order valence-electron chi connectivity index (χ0n) is 10.7. The van der Waals surface area contributed by atoms with Gasteiger partial charge in [0.25, 0.3) is 0 Å². The van der Waals surface area contributed by atoms with Crippen LogP contribution in [0.2, 0.25) is 10.0 Å². The number of rotatable bonds is 5. The maximum atomic E-state index is 11.7. The van der Waals surface area contributed by atoms with Gasteiger partial charge in [-0.1, -0.05) is 23.2 Å². The summed E-state index contributed by atoms with van der Waals surface area (Å²) in [5.41, 5.74) is 0. The number of amides is 1. The molecule has 4 N–H and O–H groups in total. The summed E-state index contributed by atoms with van der Waals surface area (Å²) in [6, 6.07) is 1.28. The van der Waals surface area contributed by atoms with Gasteiger partial charge in [-0.15, -0.1) is 0 Å². The van der Waals surface area contributed by atoms with Crippen LogP contribution in [-0.2, 0) is 4.79 Å². The first kappa shape index (κ1) is 15.3. The van der Waals surface area contributed by atoms with E-state index in [9.17, 15) is 9.90 Å². The molecule has 2 unspecified atom stereocenters. The number of β-amino-alcohol motifs (C(OH)–C–C–N with tert-alkyl or cyclic N) is 1. The molecule has 0 radical (unpaired) electrons. The van der Waals surface area contributed by atoms with Gasteiger partial charge in [-0.05, 0) is 12.5 Å². The van der Waals surface area contributed by atoms with E-state index in [4.69, 9.17) is 23.2 Å². The fraction of sp³-hybridized carbons (Fsp3) is 0.500. The van der Waals surface area contributed by atoms with Crippen LogP contribution < -0.4 is 16.0 Å². The van der Waals surface area contributed by atoms with Crippen LogP contribution in [0, 0.1) is 0 Å². The van der Waals surface area contributed by atoms with Gasteiger partial charge in [0.05, 0.1) is 22.2 Å². The van der Waals surface area contributed by atoms with Crippen molar-refractivity contribution in [2.24, 2.45) is 0 Å². The van der Waals surface area contributed by atoms with E-state index in [1.54, 1.807) is 6.07 Å². The lowest BCUT2D eigenvalue weighted by molar-refractivity contribution is -0.122. The number of carbonyl (C=O) groups excluding carboxylic acids is 1. The fourth-order valence-corrected chi connectivity index (χ4v) is 2.40. The van der Waals surface area contributed by atoms with Crippen molar-refractivity contribution < 1.29 is 9.90 Å². The van der Waals surface area contributed by atoms with Gasteiger partial charge in [-0.2, -0.15) is 0 Å². The lowest BCUT2D eigenvalue weighted by Gasteiger charge is -2.12. The van der Waals surface area contributed by atoms with E-state index < -0.39 is 6.10 Å². The van der Waals surface area contributed by atoms with Crippen molar-refractivity contribution in [3.63, 3.8) is 0 Å². The SMILES string of the molecule is O=C(NCCNc1ncc(Cl)cc1Cl)C1CC(O)CN1. The van der Waals surface area contributed by atoms with Gasteiger partial charge in [0, 0.05) is 25.8 Å². The maximum Gasteiger partial charge on any atom is 0.237 e. The number of nitrogens with one attached hydrogen (secondary N) is 3. The molecular formula is C12H16Cl2N4O2. The molecular weight excluding hydrogens is 303 g/mol. The quantitative estimate of drug-likeness (QED) is 0.599. The van der Waals surface area contributed by atoms with E-state index in [2.05, 4.69) is 20.9 Å². The predicted molar refractivity (Wildman–Crippen MR) is 78.2 cm³/mol. The Morgan fingerprint density at radius 3 is 2.95 bits per heavy atom. The monoisotopic (exact) mass is 318 g/mol. The molecule has 0 bridgehead atoms. The molecule has 2 heterocycles. The largest absolute Gasteiger partial charge is 0.392 e. The molecule has 8 heteroatoms. The zero-order valence-corrected chi connectivity index (χ0v) is 12.2. The summed E-state index contributed by atoms with van der Waals surface area (Å²) >= 11 is 11.7. The van der Waals surface area contributed by atoms with Crippen molar-refractivity contribution in [1.82, 2.24) is 15.6 Å². The Bertz CT molecular complexity index is 487. The third-order valence-electron chi connectivity index (χ3n) is 2.95. The number of aliphatic hydroxyl groups excluding tert-OH is 1. The molecule has 0 aromatic carbocycles. The summed E-state index contributed by atoms with van der Waals surface area (Å²) in [4.78, 5) is 15.8. The van der Waals surface area contributed by atoms with Gasteiger partial charge in [-0.25, -0.2) is 4.98 Å². The molecule has 20 heavy (non-hydrogen) atoms. The number of aromatic nitrogens is 1. The third kappa shape index (κ3) is 4.21. The molecule has 1 fully saturated rings. The zero-order chi connectivity index (χ0) is 14.5. The smallest absolute Gasteiger partial charge is 0.237 e. The van der Waals surface area contributed by atoms with Crippen molar-refractivity contribution in [2.45, 2.75) is 18.6 Å². The van der Waals surface area contributed by atoms with Crippen LogP contribution in [0.5, 0.6) is 0 Å². The topological polar surface area (TPSA) is 86.3 Å². The Kier molecular flexibility index (Phi) is 5.42. The molecule has 2 atom stereocenters. The van der Waals surface area contributed by atoms with E-state index >= 15 is 0 Å². The lowest BCUT2D eigenvalue weighted by Crippen LogP contribution is -2.42.